The van der Waals surface area contributed by atoms with Crippen LogP contribution in [0.1, 0.15) is 61.0 Å². The minimum atomic E-state index is -0.756. The normalized spacial score (nSPS) is 15.0. The van der Waals surface area contributed by atoms with Gasteiger partial charge in [0, 0.05) is 30.4 Å². The number of hydrogen-bond acceptors (Lipinski definition) is 4. The maximum atomic E-state index is 13.9. The molecule has 4 amide bonds. The van der Waals surface area contributed by atoms with Crippen molar-refractivity contribution < 1.29 is 28.0 Å². The molecule has 4 aromatic carbocycles. The number of benzene rings is 4. The number of fused-ring (bicyclic) bond motifs is 1. The second-order valence-electron chi connectivity index (χ2n) is 10.7. The molecule has 0 radical (unpaired) electrons. The number of piperidine rings is 1. The molecule has 1 N–H and O–H groups in total. The summed E-state index contributed by atoms with van der Waals surface area (Å²) in [7, 11) is 0. The summed E-state index contributed by atoms with van der Waals surface area (Å²) in [5.74, 6) is -2.46. The van der Waals surface area contributed by atoms with Crippen LogP contribution in [-0.4, -0.2) is 41.6 Å². The number of halogens is 2. The van der Waals surface area contributed by atoms with Crippen LogP contribution in [0.3, 0.4) is 0 Å². The van der Waals surface area contributed by atoms with E-state index in [2.05, 4.69) is 5.32 Å². The van der Waals surface area contributed by atoms with Crippen molar-refractivity contribution in [3.05, 3.63) is 130 Å². The predicted octanol–water partition coefficient (Wildman–Crippen LogP) is 5.97. The lowest BCUT2D eigenvalue weighted by Gasteiger charge is -2.32. The molecule has 0 aromatic heterocycles. The molecule has 2 aliphatic rings. The first kappa shape index (κ1) is 28.0. The quantitative estimate of drug-likeness (QED) is 0.286. The molecule has 0 atom stereocenters. The van der Waals surface area contributed by atoms with Crippen molar-refractivity contribution in [3.8, 4) is 0 Å². The van der Waals surface area contributed by atoms with E-state index in [-0.39, 0.29) is 35.6 Å². The molecule has 0 aliphatic carbocycles. The Hall–Kier alpha value is -5.18. The van der Waals surface area contributed by atoms with E-state index in [4.69, 9.17) is 0 Å². The zero-order valence-corrected chi connectivity index (χ0v) is 23.1. The smallest absolute Gasteiger partial charge is 0.266 e. The number of carbonyl (C=O) groups is 4. The lowest BCUT2D eigenvalue weighted by molar-refractivity contribution is -0.115. The lowest BCUT2D eigenvalue weighted by Crippen LogP contribution is -2.38. The van der Waals surface area contributed by atoms with Gasteiger partial charge in [-0.05, 0) is 84.5 Å². The number of anilines is 2. The van der Waals surface area contributed by atoms with Crippen LogP contribution in [0.2, 0.25) is 0 Å². The Morgan fingerprint density at radius 2 is 1.42 bits per heavy atom. The van der Waals surface area contributed by atoms with Gasteiger partial charge in [0.05, 0.1) is 23.2 Å². The summed E-state index contributed by atoms with van der Waals surface area (Å²) in [4.78, 5) is 54.0. The molecule has 9 heteroatoms. The van der Waals surface area contributed by atoms with Gasteiger partial charge < -0.3 is 10.2 Å². The van der Waals surface area contributed by atoms with Crippen molar-refractivity contribution in [1.82, 2.24) is 4.90 Å². The van der Waals surface area contributed by atoms with Gasteiger partial charge in [-0.2, -0.15) is 0 Å². The zero-order chi connectivity index (χ0) is 30.1. The fourth-order valence-electron chi connectivity index (χ4n) is 5.66. The number of imide groups is 1. The van der Waals surface area contributed by atoms with E-state index >= 15 is 0 Å². The summed E-state index contributed by atoms with van der Waals surface area (Å²) in [6.45, 7) is 1.15. The zero-order valence-electron chi connectivity index (χ0n) is 23.1. The minimum absolute atomic E-state index is 0.108. The molecule has 2 aliphatic heterocycles. The summed E-state index contributed by atoms with van der Waals surface area (Å²) < 4.78 is 27.0. The maximum Gasteiger partial charge on any atom is 0.266 e. The largest absolute Gasteiger partial charge is 0.339 e. The summed E-state index contributed by atoms with van der Waals surface area (Å²) in [5.41, 5.74) is 3.44. The van der Waals surface area contributed by atoms with Crippen LogP contribution in [0.5, 0.6) is 0 Å². The SMILES string of the molecule is O=C(Cc1ccc(F)cc1F)Nc1ccc(C2CCN(C(=O)c3ccc(N4C(=O)c5ccccc5C4=O)cc3)CC2)cc1. The summed E-state index contributed by atoms with van der Waals surface area (Å²) in [6, 6.07) is 23.8. The van der Waals surface area contributed by atoms with Crippen molar-refractivity contribution in [2.75, 3.05) is 23.3 Å². The first-order valence-corrected chi connectivity index (χ1v) is 14.0. The van der Waals surface area contributed by atoms with Gasteiger partial charge in [-0.3, -0.25) is 19.2 Å². The third-order valence-electron chi connectivity index (χ3n) is 7.98. The average Bonchev–Trinajstić information content (AvgIpc) is 3.28. The third kappa shape index (κ3) is 5.66. The number of nitrogens with one attached hydrogen (secondary N) is 1. The first-order chi connectivity index (χ1) is 20.8. The van der Waals surface area contributed by atoms with E-state index in [1.54, 1.807) is 65.6 Å². The van der Waals surface area contributed by atoms with Crippen molar-refractivity contribution in [1.29, 1.82) is 0 Å². The molecule has 0 unspecified atom stereocenters. The molecule has 216 valence electrons. The van der Waals surface area contributed by atoms with Crippen molar-refractivity contribution in [2.45, 2.75) is 25.2 Å². The molecule has 1 fully saturated rings. The molecular formula is C34H27F2N3O4. The highest BCUT2D eigenvalue weighted by Gasteiger charge is 2.36. The van der Waals surface area contributed by atoms with Crippen molar-refractivity contribution >= 4 is 35.0 Å². The molecule has 0 spiro atoms. The Balaban J connectivity index is 1.02. The Morgan fingerprint density at radius 1 is 0.791 bits per heavy atom. The number of hydrogen-bond donors (Lipinski definition) is 1. The minimum Gasteiger partial charge on any atom is -0.339 e. The molecular weight excluding hydrogens is 552 g/mol. The van der Waals surface area contributed by atoms with Gasteiger partial charge in [0.1, 0.15) is 11.6 Å². The van der Waals surface area contributed by atoms with Crippen molar-refractivity contribution in [3.63, 3.8) is 0 Å². The van der Waals surface area contributed by atoms with Gasteiger partial charge in [0.25, 0.3) is 17.7 Å². The molecule has 7 nitrogen and oxygen atoms in total. The fourth-order valence-corrected chi connectivity index (χ4v) is 5.66. The number of amides is 4. The van der Waals surface area contributed by atoms with E-state index in [0.717, 1.165) is 35.4 Å². The van der Waals surface area contributed by atoms with E-state index < -0.39 is 17.5 Å². The number of rotatable bonds is 6. The summed E-state index contributed by atoms with van der Waals surface area (Å²) >= 11 is 0. The first-order valence-electron chi connectivity index (χ1n) is 14.0. The third-order valence-corrected chi connectivity index (χ3v) is 7.98. The topological polar surface area (TPSA) is 86.8 Å². The van der Waals surface area contributed by atoms with Gasteiger partial charge in [-0.15, -0.1) is 0 Å². The molecule has 0 bridgehead atoms. The van der Waals surface area contributed by atoms with E-state index in [9.17, 15) is 28.0 Å². The monoisotopic (exact) mass is 579 g/mol. The molecule has 0 saturated carbocycles. The van der Waals surface area contributed by atoms with E-state index in [0.29, 0.717) is 41.2 Å². The van der Waals surface area contributed by atoms with Gasteiger partial charge in [-0.25, -0.2) is 13.7 Å². The van der Waals surface area contributed by atoms with Crippen LogP contribution in [0, 0.1) is 11.6 Å². The molecule has 4 aromatic rings. The van der Waals surface area contributed by atoms with Gasteiger partial charge in [0.15, 0.2) is 0 Å². The lowest BCUT2D eigenvalue weighted by atomic mass is 9.89. The maximum absolute atomic E-state index is 13.9. The van der Waals surface area contributed by atoms with Crippen LogP contribution in [0.25, 0.3) is 0 Å². The average molecular weight is 580 g/mol. The molecule has 1 saturated heterocycles. The second-order valence-corrected chi connectivity index (χ2v) is 10.7. The second kappa shape index (κ2) is 11.6. The number of likely N-dealkylation sites (tertiary alicyclic amines) is 1. The molecule has 43 heavy (non-hydrogen) atoms. The highest BCUT2D eigenvalue weighted by atomic mass is 19.1. The van der Waals surface area contributed by atoms with Crippen molar-refractivity contribution in [2.24, 2.45) is 0 Å². The summed E-state index contributed by atoms with van der Waals surface area (Å²) in [5, 5.41) is 2.74. The van der Waals surface area contributed by atoms with Crippen LogP contribution < -0.4 is 10.2 Å². The highest BCUT2D eigenvalue weighted by molar-refractivity contribution is 6.34. The molecule has 2 heterocycles. The number of nitrogens with zero attached hydrogens (tertiary/aromatic N) is 2. The Morgan fingerprint density at radius 3 is 2.02 bits per heavy atom. The Labute approximate surface area is 246 Å². The Bertz CT molecular complexity index is 1690. The van der Waals surface area contributed by atoms with Crippen LogP contribution in [-0.2, 0) is 11.2 Å². The van der Waals surface area contributed by atoms with Gasteiger partial charge in [0.2, 0.25) is 5.91 Å². The van der Waals surface area contributed by atoms with Crippen LogP contribution >= 0.6 is 0 Å². The highest BCUT2D eigenvalue weighted by Crippen LogP contribution is 2.31. The standard InChI is InChI=1S/C34H27F2N3O4/c35-25-10-5-24(30(36)20-25)19-31(40)37-26-11-6-21(7-12-26)22-15-17-38(18-16-22)32(41)23-8-13-27(14-9-23)39-33(42)28-3-1-2-4-29(28)34(39)43/h1-14,20,22H,15-19H2,(H,37,40). The van der Waals surface area contributed by atoms with Gasteiger partial charge in [-0.1, -0.05) is 30.3 Å². The number of carbonyl (C=O) groups excluding carboxylic acids is 4. The fraction of sp³-hybridized carbons (Fsp3) is 0.176. The van der Waals surface area contributed by atoms with E-state index in [1.165, 1.54) is 6.07 Å². The van der Waals surface area contributed by atoms with Gasteiger partial charge >= 0.3 is 0 Å². The summed E-state index contributed by atoms with van der Waals surface area (Å²) in [6.07, 6.45) is 1.34. The molecule has 6 rings (SSSR count). The Kier molecular flexibility index (Phi) is 7.54. The van der Waals surface area contributed by atoms with E-state index in [1.807, 2.05) is 12.1 Å². The predicted molar refractivity (Wildman–Crippen MR) is 157 cm³/mol. The van der Waals surface area contributed by atoms with Crippen LogP contribution in [0.15, 0.2) is 91.0 Å². The van der Waals surface area contributed by atoms with Crippen LogP contribution in [0.4, 0.5) is 20.2 Å².